The molecule has 1 N–H and O–H groups in total. The van der Waals surface area contributed by atoms with Gasteiger partial charge >= 0.3 is 0 Å². The number of para-hydroxylation sites is 1. The predicted molar refractivity (Wildman–Crippen MR) is 111 cm³/mol. The number of ether oxygens (including phenoxy) is 4. The molecule has 0 atom stereocenters. The van der Waals surface area contributed by atoms with E-state index in [0.717, 1.165) is 22.8 Å². The Morgan fingerprint density at radius 3 is 2.07 bits per heavy atom. The van der Waals surface area contributed by atoms with Gasteiger partial charge in [0.1, 0.15) is 11.5 Å². The molecule has 0 bridgehead atoms. The van der Waals surface area contributed by atoms with E-state index in [0.29, 0.717) is 30.3 Å². The summed E-state index contributed by atoms with van der Waals surface area (Å²) in [5, 5.41) is 3.37. The topological polar surface area (TPSA) is 64.6 Å². The van der Waals surface area contributed by atoms with E-state index in [4.69, 9.17) is 18.9 Å². The first-order valence-electron chi connectivity index (χ1n) is 8.90. The van der Waals surface area contributed by atoms with Crippen molar-refractivity contribution in [3.8, 4) is 23.0 Å². The minimum Gasteiger partial charge on any atom is -0.496 e. The molecule has 0 aliphatic rings. The molecule has 0 aliphatic heterocycles. The number of methoxy groups -OCH3 is 4. The van der Waals surface area contributed by atoms with E-state index in [9.17, 15) is 0 Å². The first-order valence-corrected chi connectivity index (χ1v) is 8.90. The van der Waals surface area contributed by atoms with E-state index in [2.05, 4.69) is 10.3 Å². The van der Waals surface area contributed by atoms with Crippen LogP contribution in [0.2, 0.25) is 0 Å². The fourth-order valence-electron chi connectivity index (χ4n) is 2.95. The molecule has 2 aromatic rings. The van der Waals surface area contributed by atoms with Crippen molar-refractivity contribution in [3.05, 3.63) is 47.5 Å². The molecule has 2 rings (SSSR count). The molecule has 0 spiro atoms. The van der Waals surface area contributed by atoms with Crippen molar-refractivity contribution >= 4 is 5.96 Å². The quantitative estimate of drug-likeness (QED) is 0.555. The van der Waals surface area contributed by atoms with Crippen LogP contribution in [0, 0.1) is 0 Å². The summed E-state index contributed by atoms with van der Waals surface area (Å²) < 4.78 is 21.7. The van der Waals surface area contributed by atoms with E-state index in [1.807, 2.05) is 48.3 Å². The molecule has 0 radical (unpaired) electrons. The average molecular weight is 387 g/mol. The summed E-state index contributed by atoms with van der Waals surface area (Å²) in [6.45, 7) is 1.18. The zero-order valence-electron chi connectivity index (χ0n) is 17.4. The van der Waals surface area contributed by atoms with Crippen LogP contribution in [0.5, 0.6) is 23.0 Å². The maximum absolute atomic E-state index is 5.49. The average Bonchev–Trinajstić information content (AvgIpc) is 2.73. The Hall–Kier alpha value is -3.09. The summed E-state index contributed by atoms with van der Waals surface area (Å²) in [5.41, 5.74) is 2.02. The summed E-state index contributed by atoms with van der Waals surface area (Å²) in [4.78, 5) is 6.41. The standard InChI is InChI=1S/C21H29N3O4/c1-22-21(24(2)14-15-9-7-8-10-17(15)25-3)23-13-16-11-19(27-5)20(28-6)12-18(16)26-4/h7-12H,13-14H2,1-6H3,(H,22,23). The van der Waals surface area contributed by atoms with Crippen LogP contribution >= 0.6 is 0 Å². The van der Waals surface area contributed by atoms with Crippen molar-refractivity contribution in [2.75, 3.05) is 42.5 Å². The number of aliphatic imine (C=N–C) groups is 1. The van der Waals surface area contributed by atoms with Crippen LogP contribution in [0.1, 0.15) is 11.1 Å². The molecule has 0 unspecified atom stereocenters. The molecule has 0 saturated heterocycles. The van der Waals surface area contributed by atoms with Gasteiger partial charge in [-0.15, -0.1) is 0 Å². The zero-order chi connectivity index (χ0) is 20.5. The number of nitrogens with one attached hydrogen (secondary N) is 1. The Bertz CT molecular complexity index is 808. The highest BCUT2D eigenvalue weighted by molar-refractivity contribution is 5.79. The second-order valence-corrected chi connectivity index (χ2v) is 6.09. The lowest BCUT2D eigenvalue weighted by atomic mass is 10.1. The Balaban J connectivity index is 2.13. The van der Waals surface area contributed by atoms with E-state index >= 15 is 0 Å². The van der Waals surface area contributed by atoms with Crippen molar-refractivity contribution in [3.63, 3.8) is 0 Å². The summed E-state index contributed by atoms with van der Waals surface area (Å²) in [5.74, 6) is 3.60. The molecule has 28 heavy (non-hydrogen) atoms. The largest absolute Gasteiger partial charge is 0.496 e. The van der Waals surface area contributed by atoms with Crippen molar-refractivity contribution in [1.82, 2.24) is 10.2 Å². The van der Waals surface area contributed by atoms with Gasteiger partial charge in [-0.05, 0) is 12.1 Å². The number of nitrogens with zero attached hydrogens (tertiary/aromatic N) is 2. The fourth-order valence-corrected chi connectivity index (χ4v) is 2.95. The van der Waals surface area contributed by atoms with E-state index in [-0.39, 0.29) is 0 Å². The van der Waals surface area contributed by atoms with Gasteiger partial charge in [0.25, 0.3) is 0 Å². The lowest BCUT2D eigenvalue weighted by Crippen LogP contribution is -2.38. The smallest absolute Gasteiger partial charge is 0.193 e. The van der Waals surface area contributed by atoms with Crippen LogP contribution < -0.4 is 24.3 Å². The molecule has 0 fully saturated rings. The van der Waals surface area contributed by atoms with Gasteiger partial charge in [0.15, 0.2) is 17.5 Å². The molecule has 0 aromatic heterocycles. The molecule has 0 saturated carbocycles. The lowest BCUT2D eigenvalue weighted by Gasteiger charge is -2.23. The first-order chi connectivity index (χ1) is 13.6. The molecular formula is C21H29N3O4. The fraction of sp³-hybridized carbons (Fsp3) is 0.381. The predicted octanol–water partition coefficient (Wildman–Crippen LogP) is 2.93. The summed E-state index contributed by atoms with van der Waals surface area (Å²) >= 11 is 0. The first kappa shape index (κ1) is 21.2. The van der Waals surface area contributed by atoms with Crippen LogP contribution in [0.4, 0.5) is 0 Å². The third-order valence-corrected chi connectivity index (χ3v) is 4.40. The van der Waals surface area contributed by atoms with Crippen LogP contribution in [-0.2, 0) is 13.1 Å². The van der Waals surface area contributed by atoms with Crippen LogP contribution in [-0.4, -0.2) is 53.4 Å². The molecule has 0 aliphatic carbocycles. The Kier molecular flexibility index (Phi) is 7.80. The highest BCUT2D eigenvalue weighted by Crippen LogP contribution is 2.34. The van der Waals surface area contributed by atoms with Crippen LogP contribution in [0.15, 0.2) is 41.4 Å². The maximum Gasteiger partial charge on any atom is 0.193 e. The van der Waals surface area contributed by atoms with Crippen molar-refractivity contribution < 1.29 is 18.9 Å². The molecular weight excluding hydrogens is 358 g/mol. The maximum atomic E-state index is 5.49. The second kappa shape index (κ2) is 10.3. The molecule has 7 nitrogen and oxygen atoms in total. The van der Waals surface area contributed by atoms with E-state index in [1.54, 1.807) is 35.5 Å². The molecule has 7 heteroatoms. The minimum atomic E-state index is 0.520. The van der Waals surface area contributed by atoms with E-state index < -0.39 is 0 Å². The summed E-state index contributed by atoms with van der Waals surface area (Å²) in [6.07, 6.45) is 0. The van der Waals surface area contributed by atoms with Crippen molar-refractivity contribution in [1.29, 1.82) is 0 Å². The molecule has 152 valence electrons. The minimum absolute atomic E-state index is 0.520. The Morgan fingerprint density at radius 1 is 0.857 bits per heavy atom. The number of hydrogen-bond acceptors (Lipinski definition) is 5. The molecule has 0 heterocycles. The zero-order valence-corrected chi connectivity index (χ0v) is 17.4. The number of benzene rings is 2. The van der Waals surface area contributed by atoms with Crippen LogP contribution in [0.25, 0.3) is 0 Å². The van der Waals surface area contributed by atoms with Gasteiger partial charge in [-0.25, -0.2) is 0 Å². The van der Waals surface area contributed by atoms with Gasteiger partial charge in [0.2, 0.25) is 0 Å². The highest BCUT2D eigenvalue weighted by atomic mass is 16.5. The van der Waals surface area contributed by atoms with Gasteiger partial charge < -0.3 is 29.2 Å². The molecule has 0 amide bonds. The Labute approximate surface area is 166 Å². The van der Waals surface area contributed by atoms with Gasteiger partial charge in [-0.2, -0.15) is 0 Å². The van der Waals surface area contributed by atoms with Gasteiger partial charge in [-0.1, -0.05) is 18.2 Å². The second-order valence-electron chi connectivity index (χ2n) is 6.09. The van der Waals surface area contributed by atoms with Crippen molar-refractivity contribution in [2.45, 2.75) is 13.1 Å². The highest BCUT2D eigenvalue weighted by Gasteiger charge is 2.14. The number of rotatable bonds is 8. The van der Waals surface area contributed by atoms with Crippen LogP contribution in [0.3, 0.4) is 0 Å². The van der Waals surface area contributed by atoms with E-state index in [1.165, 1.54) is 0 Å². The SMILES string of the molecule is CN=C(NCc1cc(OC)c(OC)cc1OC)N(C)Cc1ccccc1OC. The number of guanidine groups is 1. The normalized spacial score (nSPS) is 11.0. The van der Waals surface area contributed by atoms with Gasteiger partial charge in [0, 0.05) is 44.4 Å². The molecule has 2 aromatic carbocycles. The summed E-state index contributed by atoms with van der Waals surface area (Å²) in [7, 11) is 10.3. The number of hydrogen-bond donors (Lipinski definition) is 1. The Morgan fingerprint density at radius 2 is 1.46 bits per heavy atom. The third kappa shape index (κ3) is 5.00. The lowest BCUT2D eigenvalue weighted by molar-refractivity contribution is 0.347. The third-order valence-electron chi connectivity index (χ3n) is 4.40. The van der Waals surface area contributed by atoms with Crippen molar-refractivity contribution in [2.24, 2.45) is 4.99 Å². The van der Waals surface area contributed by atoms with Gasteiger partial charge in [-0.3, -0.25) is 4.99 Å². The summed E-state index contributed by atoms with van der Waals surface area (Å²) in [6, 6.07) is 11.7. The monoisotopic (exact) mass is 387 g/mol. The van der Waals surface area contributed by atoms with Gasteiger partial charge in [0.05, 0.1) is 28.4 Å².